The molecule has 3 rings (SSSR count). The van der Waals surface area contributed by atoms with E-state index in [0.717, 1.165) is 11.1 Å². The van der Waals surface area contributed by atoms with Gasteiger partial charge in [-0.1, -0.05) is 91.0 Å². The SMILES string of the molecule is O=C(CC(NCc1ccccc1)C(=O)NCc1ccccc1)c1ccccc1. The van der Waals surface area contributed by atoms with E-state index in [0.29, 0.717) is 18.7 Å². The highest BCUT2D eigenvalue weighted by atomic mass is 16.2. The first-order valence-electron chi connectivity index (χ1n) is 9.39. The molecule has 2 N–H and O–H groups in total. The first-order valence-corrected chi connectivity index (χ1v) is 9.39. The molecule has 0 bridgehead atoms. The Balaban J connectivity index is 1.65. The molecule has 0 saturated heterocycles. The lowest BCUT2D eigenvalue weighted by Crippen LogP contribution is -2.45. The zero-order valence-electron chi connectivity index (χ0n) is 15.7. The van der Waals surface area contributed by atoms with Crippen LogP contribution in [0.5, 0.6) is 0 Å². The molecule has 4 heteroatoms. The number of carbonyl (C=O) groups excluding carboxylic acids is 2. The summed E-state index contributed by atoms with van der Waals surface area (Å²) in [6.45, 7) is 0.953. The minimum absolute atomic E-state index is 0.0546. The zero-order valence-corrected chi connectivity index (χ0v) is 15.7. The molecule has 0 aromatic heterocycles. The molecule has 3 aromatic rings. The first-order chi connectivity index (χ1) is 13.7. The smallest absolute Gasteiger partial charge is 0.237 e. The maximum Gasteiger partial charge on any atom is 0.237 e. The molecule has 0 heterocycles. The maximum absolute atomic E-state index is 12.8. The van der Waals surface area contributed by atoms with Crippen LogP contribution in [0.25, 0.3) is 0 Å². The number of Topliss-reactive ketones (excluding diaryl/α,β-unsaturated/α-hetero) is 1. The lowest BCUT2D eigenvalue weighted by molar-refractivity contribution is -0.123. The van der Waals surface area contributed by atoms with Crippen molar-refractivity contribution in [2.45, 2.75) is 25.6 Å². The predicted octanol–water partition coefficient (Wildman–Crippen LogP) is 3.73. The van der Waals surface area contributed by atoms with E-state index in [1.807, 2.05) is 78.9 Å². The normalized spacial score (nSPS) is 11.6. The number of hydrogen-bond donors (Lipinski definition) is 2. The second-order valence-electron chi connectivity index (χ2n) is 6.62. The quantitative estimate of drug-likeness (QED) is 0.563. The van der Waals surface area contributed by atoms with Crippen LogP contribution in [0.2, 0.25) is 0 Å². The Bertz CT molecular complexity index is 880. The molecule has 0 saturated carbocycles. The highest BCUT2D eigenvalue weighted by molar-refractivity contribution is 5.99. The van der Waals surface area contributed by atoms with Gasteiger partial charge in [0.25, 0.3) is 0 Å². The van der Waals surface area contributed by atoms with Crippen molar-refractivity contribution in [1.29, 1.82) is 0 Å². The van der Waals surface area contributed by atoms with Crippen molar-refractivity contribution in [1.82, 2.24) is 10.6 Å². The standard InChI is InChI=1S/C24H24N2O2/c27-23(21-14-8-3-9-15-21)16-22(25-17-19-10-4-1-5-11-19)24(28)26-18-20-12-6-2-7-13-20/h1-15,22,25H,16-18H2,(H,26,28). The highest BCUT2D eigenvalue weighted by Gasteiger charge is 2.22. The number of rotatable bonds is 9. The minimum atomic E-state index is -0.600. The lowest BCUT2D eigenvalue weighted by atomic mass is 10.0. The van der Waals surface area contributed by atoms with Crippen molar-refractivity contribution >= 4 is 11.7 Å². The van der Waals surface area contributed by atoms with Gasteiger partial charge in [0, 0.05) is 25.1 Å². The third-order valence-electron chi connectivity index (χ3n) is 4.51. The van der Waals surface area contributed by atoms with Gasteiger partial charge in [0.2, 0.25) is 5.91 Å². The Morgan fingerprint density at radius 1 is 0.679 bits per heavy atom. The third-order valence-corrected chi connectivity index (χ3v) is 4.51. The van der Waals surface area contributed by atoms with Crippen LogP contribution >= 0.6 is 0 Å². The van der Waals surface area contributed by atoms with Crippen LogP contribution in [0.4, 0.5) is 0 Å². The number of amides is 1. The van der Waals surface area contributed by atoms with E-state index >= 15 is 0 Å². The van der Waals surface area contributed by atoms with E-state index in [9.17, 15) is 9.59 Å². The number of carbonyl (C=O) groups is 2. The van der Waals surface area contributed by atoms with Gasteiger partial charge in [-0.05, 0) is 11.1 Å². The van der Waals surface area contributed by atoms with Crippen molar-refractivity contribution in [2.75, 3.05) is 0 Å². The predicted molar refractivity (Wildman–Crippen MR) is 111 cm³/mol. The Hall–Kier alpha value is -3.24. The fraction of sp³-hybridized carbons (Fsp3) is 0.167. The van der Waals surface area contributed by atoms with Gasteiger partial charge in [-0.3, -0.25) is 9.59 Å². The van der Waals surface area contributed by atoms with Gasteiger partial charge < -0.3 is 10.6 Å². The largest absolute Gasteiger partial charge is 0.351 e. The van der Waals surface area contributed by atoms with Crippen LogP contribution in [0.1, 0.15) is 27.9 Å². The van der Waals surface area contributed by atoms with Crippen LogP contribution < -0.4 is 10.6 Å². The summed E-state index contributed by atoms with van der Waals surface area (Å²) in [5, 5.41) is 6.18. The van der Waals surface area contributed by atoms with Crippen LogP contribution in [-0.2, 0) is 17.9 Å². The topological polar surface area (TPSA) is 58.2 Å². The second kappa shape index (κ2) is 10.2. The second-order valence-corrected chi connectivity index (χ2v) is 6.62. The monoisotopic (exact) mass is 372 g/mol. The molecule has 1 atom stereocenters. The molecule has 28 heavy (non-hydrogen) atoms. The molecular weight excluding hydrogens is 348 g/mol. The first kappa shape index (κ1) is 19.5. The van der Waals surface area contributed by atoms with Gasteiger partial charge in [0.05, 0.1) is 6.04 Å². The lowest BCUT2D eigenvalue weighted by Gasteiger charge is -2.18. The summed E-state index contributed by atoms with van der Waals surface area (Å²) in [5.41, 5.74) is 2.70. The van der Waals surface area contributed by atoms with Gasteiger partial charge >= 0.3 is 0 Å². The summed E-state index contributed by atoms with van der Waals surface area (Å²) in [6.07, 6.45) is 0.109. The molecule has 0 fully saturated rings. The van der Waals surface area contributed by atoms with Gasteiger partial charge in [-0.2, -0.15) is 0 Å². The summed E-state index contributed by atoms with van der Waals surface area (Å²) >= 11 is 0. The molecule has 1 unspecified atom stereocenters. The van der Waals surface area contributed by atoms with E-state index < -0.39 is 6.04 Å². The molecule has 0 spiro atoms. The molecule has 142 valence electrons. The third kappa shape index (κ3) is 5.89. The Kier molecular flexibility index (Phi) is 7.10. The Labute approximate surface area is 165 Å². The van der Waals surface area contributed by atoms with E-state index in [1.165, 1.54) is 0 Å². The highest BCUT2D eigenvalue weighted by Crippen LogP contribution is 2.08. The van der Waals surface area contributed by atoms with Crippen LogP contribution in [0.3, 0.4) is 0 Å². The van der Waals surface area contributed by atoms with E-state index in [2.05, 4.69) is 10.6 Å². The average molecular weight is 372 g/mol. The average Bonchev–Trinajstić information content (AvgIpc) is 2.77. The van der Waals surface area contributed by atoms with Crippen LogP contribution in [0.15, 0.2) is 91.0 Å². The summed E-state index contributed by atoms with van der Waals surface area (Å²) in [4.78, 5) is 25.4. The number of ketones is 1. The molecular formula is C24H24N2O2. The van der Waals surface area contributed by atoms with Crippen LogP contribution in [-0.4, -0.2) is 17.7 Å². The molecule has 0 radical (unpaired) electrons. The van der Waals surface area contributed by atoms with Crippen LogP contribution in [0, 0.1) is 0 Å². The summed E-state index contributed by atoms with van der Waals surface area (Å²) in [7, 11) is 0. The molecule has 3 aromatic carbocycles. The van der Waals surface area contributed by atoms with Gasteiger partial charge in [0.15, 0.2) is 5.78 Å². The number of hydrogen-bond acceptors (Lipinski definition) is 3. The van der Waals surface area contributed by atoms with Gasteiger partial charge in [0.1, 0.15) is 0 Å². The number of nitrogens with one attached hydrogen (secondary N) is 2. The van der Waals surface area contributed by atoms with E-state index in [-0.39, 0.29) is 18.1 Å². The number of benzene rings is 3. The Morgan fingerprint density at radius 3 is 1.75 bits per heavy atom. The summed E-state index contributed by atoms with van der Waals surface area (Å²) in [5.74, 6) is -0.231. The molecule has 0 aliphatic heterocycles. The van der Waals surface area contributed by atoms with Gasteiger partial charge in [-0.25, -0.2) is 0 Å². The van der Waals surface area contributed by atoms with Crippen molar-refractivity contribution in [3.63, 3.8) is 0 Å². The fourth-order valence-corrected chi connectivity index (χ4v) is 2.93. The van der Waals surface area contributed by atoms with Gasteiger partial charge in [-0.15, -0.1) is 0 Å². The summed E-state index contributed by atoms with van der Waals surface area (Å²) in [6, 6.07) is 28.1. The van der Waals surface area contributed by atoms with Crippen molar-refractivity contribution < 1.29 is 9.59 Å². The Morgan fingerprint density at radius 2 is 1.18 bits per heavy atom. The summed E-state index contributed by atoms with van der Waals surface area (Å²) < 4.78 is 0. The fourth-order valence-electron chi connectivity index (χ4n) is 2.93. The van der Waals surface area contributed by atoms with Crippen molar-refractivity contribution in [3.05, 3.63) is 108 Å². The molecule has 1 amide bonds. The van der Waals surface area contributed by atoms with Crippen molar-refractivity contribution in [3.8, 4) is 0 Å². The zero-order chi connectivity index (χ0) is 19.6. The molecule has 0 aliphatic carbocycles. The molecule has 0 aliphatic rings. The minimum Gasteiger partial charge on any atom is -0.351 e. The van der Waals surface area contributed by atoms with E-state index in [4.69, 9.17) is 0 Å². The molecule has 4 nitrogen and oxygen atoms in total. The van der Waals surface area contributed by atoms with Crippen molar-refractivity contribution in [2.24, 2.45) is 0 Å². The maximum atomic E-state index is 12.8. The van der Waals surface area contributed by atoms with E-state index in [1.54, 1.807) is 12.1 Å².